The lowest BCUT2D eigenvalue weighted by atomic mass is 10.0. The minimum Gasteiger partial charge on any atom is -0.356 e. The van der Waals surface area contributed by atoms with E-state index in [1.165, 1.54) is 5.56 Å². The highest BCUT2D eigenvalue weighted by Crippen LogP contribution is 2.29. The fourth-order valence-corrected chi connectivity index (χ4v) is 7.02. The zero-order valence-electron chi connectivity index (χ0n) is 30.4. The molecular formula is C44H50ClN5O2. The Balaban J connectivity index is 1.06. The molecule has 3 heterocycles. The van der Waals surface area contributed by atoms with Gasteiger partial charge >= 0.3 is 0 Å². The summed E-state index contributed by atoms with van der Waals surface area (Å²) in [6, 6.07) is 17.7. The molecule has 2 aliphatic heterocycles. The van der Waals surface area contributed by atoms with Crippen LogP contribution in [0.2, 0.25) is 5.02 Å². The topological polar surface area (TPSA) is 77.6 Å². The number of hydrogen-bond acceptors (Lipinski definition) is 5. The van der Waals surface area contributed by atoms with Gasteiger partial charge in [-0.15, -0.1) is 0 Å². The summed E-state index contributed by atoms with van der Waals surface area (Å²) in [6.07, 6.45) is 20.7. The van der Waals surface area contributed by atoms with E-state index in [2.05, 4.69) is 45.7 Å². The number of hydrogen-bond donors (Lipinski definition) is 2. The van der Waals surface area contributed by atoms with Gasteiger partial charge in [0.05, 0.1) is 10.6 Å². The maximum Gasteiger partial charge on any atom is 0.253 e. The van der Waals surface area contributed by atoms with Gasteiger partial charge in [0, 0.05) is 62.1 Å². The summed E-state index contributed by atoms with van der Waals surface area (Å²) < 4.78 is 0. The Morgan fingerprint density at radius 1 is 0.788 bits per heavy atom. The summed E-state index contributed by atoms with van der Waals surface area (Å²) in [6.45, 7) is 16.0. The number of benzene rings is 2. The summed E-state index contributed by atoms with van der Waals surface area (Å²) in [5.41, 5.74) is 5.92. The average molecular weight is 716 g/mol. The van der Waals surface area contributed by atoms with Gasteiger partial charge in [0.1, 0.15) is 5.82 Å². The number of likely N-dealkylation sites (tertiary alicyclic amines) is 1. The van der Waals surface area contributed by atoms with Crippen molar-refractivity contribution in [3.8, 4) is 0 Å². The molecule has 0 aliphatic carbocycles. The second-order valence-corrected chi connectivity index (χ2v) is 13.6. The fraction of sp³-hybridized carbons (Fsp3) is 0.295. The van der Waals surface area contributed by atoms with Crippen LogP contribution in [0.25, 0.3) is 11.1 Å². The van der Waals surface area contributed by atoms with Gasteiger partial charge in [-0.25, -0.2) is 4.98 Å². The lowest BCUT2D eigenvalue weighted by molar-refractivity contribution is 0.0906. The van der Waals surface area contributed by atoms with Gasteiger partial charge < -0.3 is 15.5 Å². The van der Waals surface area contributed by atoms with Crippen molar-refractivity contribution in [3.63, 3.8) is 0 Å². The first kappa shape index (κ1) is 38.3. The Labute approximate surface area is 314 Å². The highest BCUT2D eigenvalue weighted by Gasteiger charge is 2.25. The number of piperidine rings is 2. The van der Waals surface area contributed by atoms with Crippen LogP contribution < -0.4 is 15.5 Å². The van der Waals surface area contributed by atoms with Gasteiger partial charge in [0.25, 0.3) is 11.8 Å². The lowest BCUT2D eigenvalue weighted by Gasteiger charge is -2.34. The molecule has 0 spiro atoms. The molecule has 2 aromatic carbocycles. The molecule has 8 heteroatoms. The van der Waals surface area contributed by atoms with Gasteiger partial charge in [-0.2, -0.15) is 0 Å². The molecule has 0 atom stereocenters. The zero-order valence-corrected chi connectivity index (χ0v) is 31.1. The summed E-state index contributed by atoms with van der Waals surface area (Å²) in [5, 5.41) is 6.88. The van der Waals surface area contributed by atoms with Crippen LogP contribution in [0.5, 0.6) is 0 Å². The highest BCUT2D eigenvalue weighted by molar-refractivity contribution is 6.35. The van der Waals surface area contributed by atoms with Gasteiger partial charge in [-0.1, -0.05) is 104 Å². The molecule has 2 amide bonds. The van der Waals surface area contributed by atoms with Crippen LogP contribution in [-0.4, -0.2) is 60.0 Å². The van der Waals surface area contributed by atoms with Crippen molar-refractivity contribution in [2.75, 3.05) is 31.1 Å². The molecule has 2 saturated heterocycles. The molecule has 1 aromatic heterocycles. The Morgan fingerprint density at radius 3 is 2.02 bits per heavy atom. The normalized spacial score (nSPS) is 16.7. The van der Waals surface area contributed by atoms with Crippen molar-refractivity contribution >= 4 is 40.4 Å². The first-order chi connectivity index (χ1) is 25.3. The van der Waals surface area contributed by atoms with Gasteiger partial charge in [-0.05, 0) is 86.1 Å². The number of carbonyl (C=O) groups is 2. The maximum absolute atomic E-state index is 13.2. The number of halogens is 1. The Kier molecular flexibility index (Phi) is 14.0. The van der Waals surface area contributed by atoms with Crippen LogP contribution in [0, 0.1) is 0 Å². The molecule has 7 nitrogen and oxygen atoms in total. The Bertz CT molecular complexity index is 1840. The van der Waals surface area contributed by atoms with E-state index in [9.17, 15) is 9.59 Å². The smallest absolute Gasteiger partial charge is 0.253 e. The molecule has 2 aliphatic rings. The van der Waals surface area contributed by atoms with Crippen molar-refractivity contribution in [3.05, 3.63) is 155 Å². The van der Waals surface area contributed by atoms with Crippen LogP contribution >= 0.6 is 11.6 Å². The molecule has 2 N–H and O–H groups in total. The minimum atomic E-state index is -0.158. The van der Waals surface area contributed by atoms with Crippen LogP contribution in [0.15, 0.2) is 123 Å². The van der Waals surface area contributed by atoms with Gasteiger partial charge in [0.2, 0.25) is 0 Å². The predicted octanol–water partition coefficient (Wildman–Crippen LogP) is 8.82. The molecular weight excluding hydrogens is 666 g/mol. The molecule has 2 fully saturated rings. The minimum absolute atomic E-state index is 0.0358. The number of nitrogens with zero attached hydrogens (tertiary/aromatic N) is 3. The van der Waals surface area contributed by atoms with E-state index in [1.54, 1.807) is 12.1 Å². The summed E-state index contributed by atoms with van der Waals surface area (Å²) in [4.78, 5) is 35.9. The number of pyridine rings is 1. The van der Waals surface area contributed by atoms with Crippen LogP contribution in [0.3, 0.4) is 0 Å². The Morgan fingerprint density at radius 2 is 1.38 bits per heavy atom. The van der Waals surface area contributed by atoms with Crippen molar-refractivity contribution in [2.24, 2.45) is 0 Å². The molecule has 0 saturated carbocycles. The van der Waals surface area contributed by atoms with Crippen LogP contribution in [-0.2, 0) is 6.54 Å². The van der Waals surface area contributed by atoms with Crippen molar-refractivity contribution in [2.45, 2.75) is 58.2 Å². The number of anilines is 1. The summed E-state index contributed by atoms with van der Waals surface area (Å²) in [5.74, 6) is 0.762. The summed E-state index contributed by atoms with van der Waals surface area (Å²) in [7, 11) is 0. The van der Waals surface area contributed by atoms with E-state index < -0.39 is 0 Å². The molecule has 270 valence electrons. The van der Waals surface area contributed by atoms with Gasteiger partial charge in [-0.3, -0.25) is 14.5 Å². The van der Waals surface area contributed by atoms with Crippen LogP contribution in [0.1, 0.15) is 76.9 Å². The lowest BCUT2D eigenvalue weighted by Crippen LogP contribution is -2.45. The van der Waals surface area contributed by atoms with Gasteiger partial charge in [0.15, 0.2) is 0 Å². The number of nitrogens with one attached hydrogen (secondary N) is 2. The number of aromatic nitrogens is 1. The molecule has 52 heavy (non-hydrogen) atoms. The first-order valence-corrected chi connectivity index (χ1v) is 18.5. The third kappa shape index (κ3) is 10.1. The van der Waals surface area contributed by atoms with E-state index in [-0.39, 0.29) is 23.9 Å². The SMILES string of the molecule is C=C/C(=C\C=C/C)c1cccc(C(=O)NC2CCN(Cc3ccc(N4CCC(NC(=O)c5cccc(/C(C=C)=C/C=C\C)c5Cl)CC4)nc3)CC2)c1. The van der Waals surface area contributed by atoms with Crippen molar-refractivity contribution in [1.82, 2.24) is 20.5 Å². The largest absolute Gasteiger partial charge is 0.356 e. The highest BCUT2D eigenvalue weighted by atomic mass is 35.5. The molecule has 0 bridgehead atoms. The second-order valence-electron chi connectivity index (χ2n) is 13.2. The van der Waals surface area contributed by atoms with E-state index in [0.29, 0.717) is 16.1 Å². The van der Waals surface area contributed by atoms with E-state index in [0.717, 1.165) is 86.5 Å². The molecule has 5 rings (SSSR count). The fourth-order valence-electron chi connectivity index (χ4n) is 6.70. The molecule has 0 unspecified atom stereocenters. The van der Waals surface area contributed by atoms with E-state index in [4.69, 9.17) is 16.6 Å². The monoisotopic (exact) mass is 715 g/mol. The van der Waals surface area contributed by atoms with Crippen molar-refractivity contribution in [1.29, 1.82) is 0 Å². The third-order valence-corrected chi connectivity index (χ3v) is 10.1. The van der Waals surface area contributed by atoms with Crippen molar-refractivity contribution < 1.29 is 9.59 Å². The van der Waals surface area contributed by atoms with E-state index in [1.807, 2.05) is 99.0 Å². The number of carbonyl (C=O) groups excluding carboxylic acids is 2. The molecule has 0 radical (unpaired) electrons. The van der Waals surface area contributed by atoms with E-state index >= 15 is 0 Å². The number of amides is 2. The quantitative estimate of drug-likeness (QED) is 0.173. The Hall–Kier alpha value is -4.98. The number of allylic oxidation sites excluding steroid dienone is 10. The summed E-state index contributed by atoms with van der Waals surface area (Å²) >= 11 is 6.71. The standard InChI is InChI=1S/C44H50ClN5O2/c1-5-9-13-33(7-3)35-15-11-16-36(29-35)43(51)47-37-21-25-49(26-22-37)31-32-19-20-41(46-30-32)50-27-23-38(24-28-50)48-44(52)40-18-12-17-39(42(40)45)34(8-4)14-10-6-2/h5-20,29-30,37-38H,3-4,21-28,31H2,1-2H3,(H,47,51)(H,48,52)/b9-5-,10-6-,33-13+,34-14+. The third-order valence-electron chi connectivity index (χ3n) is 9.68. The first-order valence-electron chi connectivity index (χ1n) is 18.2. The maximum atomic E-state index is 13.2. The average Bonchev–Trinajstić information content (AvgIpc) is 3.17. The predicted molar refractivity (Wildman–Crippen MR) is 217 cm³/mol. The zero-order chi connectivity index (χ0) is 36.9. The van der Waals surface area contributed by atoms with Crippen LogP contribution in [0.4, 0.5) is 5.82 Å². The number of rotatable bonds is 13. The molecule has 3 aromatic rings. The second kappa shape index (κ2) is 19.0.